The van der Waals surface area contributed by atoms with Gasteiger partial charge >= 0.3 is 0 Å². The molecule has 1 saturated heterocycles. The number of piperazine rings is 1. The highest BCUT2D eigenvalue weighted by Gasteiger charge is 2.27. The number of halogens is 1. The van der Waals surface area contributed by atoms with Crippen molar-refractivity contribution in [3.63, 3.8) is 0 Å². The van der Waals surface area contributed by atoms with Gasteiger partial charge in [-0.3, -0.25) is 4.90 Å². The van der Waals surface area contributed by atoms with Gasteiger partial charge in [-0.1, -0.05) is 23.7 Å². The maximum absolute atomic E-state index is 12.9. The lowest BCUT2D eigenvalue weighted by Gasteiger charge is -2.38. The Bertz CT molecular complexity index is 989. The van der Waals surface area contributed by atoms with Crippen LogP contribution < -0.4 is 9.62 Å². The minimum Gasteiger partial charge on any atom is -0.374 e. The van der Waals surface area contributed by atoms with E-state index in [1.807, 2.05) is 0 Å². The molecule has 6 nitrogen and oxygen atoms in total. The van der Waals surface area contributed by atoms with Gasteiger partial charge in [0.05, 0.1) is 4.90 Å². The summed E-state index contributed by atoms with van der Waals surface area (Å²) in [4.78, 5) is 7.21. The molecule has 2 aromatic rings. The van der Waals surface area contributed by atoms with Crippen LogP contribution in [0.25, 0.3) is 0 Å². The molecule has 1 atom stereocenters. The maximum atomic E-state index is 12.9. The summed E-state index contributed by atoms with van der Waals surface area (Å²) in [6, 6.07) is 12.9. The van der Waals surface area contributed by atoms with Crippen LogP contribution in [-0.2, 0) is 16.4 Å². The first-order chi connectivity index (χ1) is 14.3. The van der Waals surface area contributed by atoms with Gasteiger partial charge in [0.2, 0.25) is 10.0 Å². The molecular formula is C22H29ClN4O2S. The number of hydrogen-bond acceptors (Lipinski definition) is 5. The number of sulfonamides is 1. The Kier molecular flexibility index (Phi) is 6.36. The van der Waals surface area contributed by atoms with E-state index in [2.05, 4.69) is 51.7 Å². The third-order valence-corrected chi connectivity index (χ3v) is 7.88. The molecule has 0 amide bonds. The van der Waals surface area contributed by atoms with E-state index in [4.69, 9.17) is 11.6 Å². The van der Waals surface area contributed by atoms with Crippen LogP contribution in [0.5, 0.6) is 0 Å². The summed E-state index contributed by atoms with van der Waals surface area (Å²) >= 11 is 5.91. The molecule has 2 heterocycles. The number of rotatable bonds is 6. The zero-order valence-electron chi connectivity index (χ0n) is 17.5. The molecule has 2 aromatic carbocycles. The van der Waals surface area contributed by atoms with Gasteiger partial charge in [-0.2, -0.15) is 0 Å². The van der Waals surface area contributed by atoms with Crippen molar-refractivity contribution < 1.29 is 8.42 Å². The van der Waals surface area contributed by atoms with Gasteiger partial charge < -0.3 is 9.80 Å². The van der Waals surface area contributed by atoms with E-state index < -0.39 is 10.0 Å². The predicted molar refractivity (Wildman–Crippen MR) is 122 cm³/mol. The van der Waals surface area contributed by atoms with Crippen molar-refractivity contribution >= 4 is 27.3 Å². The van der Waals surface area contributed by atoms with Crippen LogP contribution in [0, 0.1) is 0 Å². The summed E-state index contributed by atoms with van der Waals surface area (Å²) in [7, 11) is 0.637. The number of anilines is 1. The van der Waals surface area contributed by atoms with Crippen LogP contribution in [0.15, 0.2) is 47.4 Å². The summed E-state index contributed by atoms with van der Waals surface area (Å²) in [5.74, 6) is 0. The summed E-state index contributed by atoms with van der Waals surface area (Å²) in [5.41, 5.74) is 3.79. The lowest BCUT2D eigenvalue weighted by Crippen LogP contribution is -2.48. The van der Waals surface area contributed by atoms with Crippen LogP contribution >= 0.6 is 11.6 Å². The molecule has 0 saturated carbocycles. The number of nitrogens with zero attached hydrogens (tertiary/aromatic N) is 3. The zero-order chi connectivity index (χ0) is 21.3. The van der Waals surface area contributed by atoms with Gasteiger partial charge in [-0.05, 0) is 54.9 Å². The first-order valence-corrected chi connectivity index (χ1v) is 12.2. The summed E-state index contributed by atoms with van der Waals surface area (Å²) in [6.45, 7) is 5.16. The molecule has 0 aromatic heterocycles. The van der Waals surface area contributed by atoms with E-state index in [0.29, 0.717) is 11.6 Å². The second-order valence-corrected chi connectivity index (χ2v) is 10.4. The highest BCUT2D eigenvalue weighted by molar-refractivity contribution is 7.89. The molecule has 0 aliphatic carbocycles. The molecule has 162 valence electrons. The molecule has 4 rings (SSSR count). The molecule has 0 bridgehead atoms. The van der Waals surface area contributed by atoms with Gasteiger partial charge in [0.25, 0.3) is 0 Å². The molecule has 0 radical (unpaired) electrons. The first kappa shape index (κ1) is 21.6. The lowest BCUT2D eigenvalue weighted by atomic mass is 10.0. The fourth-order valence-corrected chi connectivity index (χ4v) is 5.44. The summed E-state index contributed by atoms with van der Waals surface area (Å²) < 4.78 is 28.6. The molecule has 1 unspecified atom stereocenters. The van der Waals surface area contributed by atoms with E-state index in [1.165, 1.54) is 16.8 Å². The monoisotopic (exact) mass is 448 g/mol. The third-order valence-electron chi connectivity index (χ3n) is 6.19. The van der Waals surface area contributed by atoms with Gasteiger partial charge in [-0.25, -0.2) is 13.1 Å². The maximum Gasteiger partial charge on any atom is 0.240 e. The second kappa shape index (κ2) is 8.85. The highest BCUT2D eigenvalue weighted by atomic mass is 35.5. The number of fused-ring (bicyclic) bond motifs is 1. The van der Waals surface area contributed by atoms with Gasteiger partial charge in [0, 0.05) is 63.1 Å². The van der Waals surface area contributed by atoms with Gasteiger partial charge in [-0.15, -0.1) is 0 Å². The van der Waals surface area contributed by atoms with Crippen LogP contribution in [0.1, 0.15) is 17.2 Å². The molecule has 8 heteroatoms. The smallest absolute Gasteiger partial charge is 0.240 e. The number of hydrogen-bond donors (Lipinski definition) is 1. The number of benzene rings is 2. The minimum absolute atomic E-state index is 0.00280. The van der Waals surface area contributed by atoms with Crippen molar-refractivity contribution in [3.05, 3.63) is 58.6 Å². The lowest BCUT2D eigenvalue weighted by molar-refractivity contribution is 0.113. The Hall–Kier alpha value is -1.64. The average Bonchev–Trinajstić information content (AvgIpc) is 3.10. The van der Waals surface area contributed by atoms with Crippen molar-refractivity contribution in [3.8, 4) is 0 Å². The van der Waals surface area contributed by atoms with Gasteiger partial charge in [0.1, 0.15) is 0 Å². The quantitative estimate of drug-likeness (QED) is 0.736. The van der Waals surface area contributed by atoms with Crippen molar-refractivity contribution in [1.29, 1.82) is 0 Å². The fourth-order valence-electron chi connectivity index (χ4n) is 4.27. The fraction of sp³-hybridized carbons (Fsp3) is 0.455. The molecule has 1 fully saturated rings. The first-order valence-electron chi connectivity index (χ1n) is 10.4. The topological polar surface area (TPSA) is 55.9 Å². The Labute approximate surface area is 184 Å². The van der Waals surface area contributed by atoms with Crippen LogP contribution in [0.3, 0.4) is 0 Å². The van der Waals surface area contributed by atoms with E-state index in [-0.39, 0.29) is 10.9 Å². The Morgan fingerprint density at radius 1 is 1.00 bits per heavy atom. The van der Waals surface area contributed by atoms with Crippen LogP contribution in [0.2, 0.25) is 5.02 Å². The number of likely N-dealkylation sites (N-methyl/N-ethyl adjacent to an activating group) is 2. The Morgan fingerprint density at radius 2 is 1.70 bits per heavy atom. The summed E-state index contributed by atoms with van der Waals surface area (Å²) in [5, 5.41) is 0.521. The van der Waals surface area contributed by atoms with Crippen molar-refractivity contribution in [2.24, 2.45) is 0 Å². The summed E-state index contributed by atoms with van der Waals surface area (Å²) in [6.07, 6.45) is 1.03. The normalized spacial score (nSPS) is 19.1. The number of nitrogens with one attached hydrogen (secondary N) is 1. The molecule has 2 aliphatic heterocycles. The van der Waals surface area contributed by atoms with Crippen LogP contribution in [0.4, 0.5) is 5.69 Å². The predicted octanol–water partition coefficient (Wildman–Crippen LogP) is 2.60. The standard InChI is InChI=1S/C22H29ClN4O2S/c1-25-11-13-27(14-12-25)22(17-3-8-21-18(15-17)9-10-26(21)2)16-24-30(28,29)20-6-4-19(23)5-7-20/h3-8,15,22,24H,9-14,16H2,1-2H3. The largest absolute Gasteiger partial charge is 0.374 e. The Morgan fingerprint density at radius 3 is 2.40 bits per heavy atom. The molecule has 2 aliphatic rings. The average molecular weight is 449 g/mol. The van der Waals surface area contributed by atoms with Crippen LogP contribution in [-0.4, -0.2) is 71.6 Å². The van der Waals surface area contributed by atoms with E-state index in [0.717, 1.165) is 39.1 Å². The van der Waals surface area contributed by atoms with E-state index in [1.54, 1.807) is 24.3 Å². The molecule has 0 spiro atoms. The van der Waals surface area contributed by atoms with E-state index >= 15 is 0 Å². The highest BCUT2D eigenvalue weighted by Crippen LogP contribution is 2.31. The van der Waals surface area contributed by atoms with Crippen molar-refractivity contribution in [2.75, 3.05) is 58.3 Å². The zero-order valence-corrected chi connectivity index (χ0v) is 19.1. The minimum atomic E-state index is -3.60. The van der Waals surface area contributed by atoms with Crippen molar-refractivity contribution in [2.45, 2.75) is 17.4 Å². The van der Waals surface area contributed by atoms with E-state index in [9.17, 15) is 8.42 Å². The second-order valence-electron chi connectivity index (χ2n) is 8.22. The molecule has 1 N–H and O–H groups in total. The van der Waals surface area contributed by atoms with Gasteiger partial charge in [0.15, 0.2) is 0 Å². The molecular weight excluding hydrogens is 420 g/mol. The third kappa shape index (κ3) is 4.65. The van der Waals surface area contributed by atoms with Crippen molar-refractivity contribution in [1.82, 2.24) is 14.5 Å². The SMILES string of the molecule is CN1CCN(C(CNS(=O)(=O)c2ccc(Cl)cc2)c2ccc3c(c2)CCN3C)CC1. The molecule has 30 heavy (non-hydrogen) atoms. The Balaban J connectivity index is 1.57.